The van der Waals surface area contributed by atoms with Gasteiger partial charge in [-0.25, -0.2) is 0 Å². The zero-order valence-corrected chi connectivity index (χ0v) is 34.8. The zero-order chi connectivity index (χ0) is 43.7. The number of ether oxygens (including phenoxy) is 2. The third-order valence-corrected chi connectivity index (χ3v) is 10.2. The maximum Gasteiger partial charge on any atom is 0.298 e. The summed E-state index contributed by atoms with van der Waals surface area (Å²) in [5.41, 5.74) is 14.4. The standard InChI is InChI=1S/C40H50N12O8/c1-9-51-27(13-21(5)45-51)37(57)43-39-47(7)25-15-23(35(41)55)17-29(53)33(25)49(39)19-31(59-11-3)32(60-12-4)20-50-34-26(16-24(36(42)56)18-30(34)54)48(8)40(50)44-38(58)28-14-22(6)46-52(28)10-2/h13-18,31-32,53-54H,9-12,19-20H2,1-8H3,(H2,41,55)(H2,42,56). The number of imidazole rings is 2. The van der Waals surface area contributed by atoms with E-state index in [2.05, 4.69) is 20.2 Å². The molecule has 0 aliphatic heterocycles. The molecule has 2 unspecified atom stereocenters. The Hall–Kier alpha value is -6.80. The molecule has 0 bridgehead atoms. The fraction of sp³-hybridized carbons (Fsp3) is 0.400. The molecule has 0 saturated carbocycles. The van der Waals surface area contributed by atoms with Crippen LogP contribution < -0.4 is 22.7 Å². The van der Waals surface area contributed by atoms with Crippen molar-refractivity contribution >= 4 is 45.7 Å². The molecule has 318 valence electrons. The van der Waals surface area contributed by atoms with Gasteiger partial charge in [0.25, 0.3) is 11.8 Å². The minimum atomic E-state index is -0.865. The molecule has 0 radical (unpaired) electrons. The molecular formula is C40H50N12O8. The van der Waals surface area contributed by atoms with Crippen LogP contribution in [0.25, 0.3) is 22.1 Å². The Morgan fingerprint density at radius 1 is 0.650 bits per heavy atom. The highest BCUT2D eigenvalue weighted by Crippen LogP contribution is 2.29. The van der Waals surface area contributed by atoms with Crippen LogP contribution in [-0.2, 0) is 49.7 Å². The Labute approximate surface area is 343 Å². The van der Waals surface area contributed by atoms with Crippen LogP contribution >= 0.6 is 0 Å². The first-order valence-corrected chi connectivity index (χ1v) is 19.5. The highest BCUT2D eigenvalue weighted by Gasteiger charge is 2.30. The average Bonchev–Trinajstić information content (AvgIpc) is 3.92. The van der Waals surface area contributed by atoms with Gasteiger partial charge < -0.3 is 49.4 Å². The molecule has 6 N–H and O–H groups in total. The van der Waals surface area contributed by atoms with Crippen LogP contribution in [-0.4, -0.2) is 97.1 Å². The average molecular weight is 827 g/mol. The molecule has 20 heteroatoms. The van der Waals surface area contributed by atoms with Crippen LogP contribution in [0, 0.1) is 13.8 Å². The summed E-state index contributed by atoms with van der Waals surface area (Å²) in [6.45, 7) is 11.9. The molecule has 4 heterocycles. The van der Waals surface area contributed by atoms with Crippen LogP contribution in [0.3, 0.4) is 0 Å². The fourth-order valence-electron chi connectivity index (χ4n) is 7.51. The number of carbonyl (C=O) groups excluding carboxylic acids is 4. The van der Waals surface area contributed by atoms with Gasteiger partial charge >= 0.3 is 0 Å². The molecule has 0 fully saturated rings. The van der Waals surface area contributed by atoms with Crippen LogP contribution in [0.1, 0.15) is 80.8 Å². The van der Waals surface area contributed by atoms with Crippen molar-refractivity contribution in [1.82, 2.24) is 37.8 Å². The van der Waals surface area contributed by atoms with Gasteiger partial charge in [-0.3, -0.25) is 28.5 Å². The van der Waals surface area contributed by atoms with Gasteiger partial charge in [-0.05, 0) is 77.9 Å². The molecule has 4 amide bonds. The van der Waals surface area contributed by atoms with Gasteiger partial charge in [0.1, 0.15) is 46.1 Å². The minimum absolute atomic E-state index is 0.0356. The van der Waals surface area contributed by atoms with E-state index in [1.165, 1.54) is 24.3 Å². The van der Waals surface area contributed by atoms with Gasteiger partial charge in [0.05, 0.1) is 35.5 Å². The van der Waals surface area contributed by atoms with Crippen molar-refractivity contribution < 1.29 is 38.9 Å². The summed E-state index contributed by atoms with van der Waals surface area (Å²) >= 11 is 0. The largest absolute Gasteiger partial charge is 0.506 e. The van der Waals surface area contributed by atoms with E-state index < -0.39 is 35.8 Å². The van der Waals surface area contributed by atoms with Crippen molar-refractivity contribution in [2.75, 3.05) is 13.2 Å². The van der Waals surface area contributed by atoms with Crippen molar-refractivity contribution in [3.8, 4) is 11.5 Å². The highest BCUT2D eigenvalue weighted by atomic mass is 16.5. The van der Waals surface area contributed by atoms with Crippen molar-refractivity contribution in [3.63, 3.8) is 0 Å². The number of aromatic hydroxyl groups is 2. The van der Waals surface area contributed by atoms with Crippen LogP contribution in [0.5, 0.6) is 11.5 Å². The molecule has 6 rings (SSSR count). The molecular weight excluding hydrogens is 777 g/mol. The molecule has 2 aromatic carbocycles. The molecule has 2 atom stereocenters. The van der Waals surface area contributed by atoms with Crippen molar-refractivity contribution in [1.29, 1.82) is 0 Å². The predicted octanol–water partition coefficient (Wildman–Crippen LogP) is 1.92. The second-order valence-corrected chi connectivity index (χ2v) is 14.2. The molecule has 60 heavy (non-hydrogen) atoms. The SMILES string of the molecule is CCOC(Cn1c(=NC(=O)c2cc(C)nn2CC)n(C)c2cc(C(N)=O)cc(O)c21)C(Cn1c(=NC(=O)c2cc(C)nn2CC)n(C)c2cc(C(N)=O)cc(O)c21)OCC. The third-order valence-electron chi connectivity index (χ3n) is 10.2. The lowest BCUT2D eigenvalue weighted by Crippen LogP contribution is -2.43. The van der Waals surface area contributed by atoms with E-state index in [1.807, 2.05) is 13.8 Å². The van der Waals surface area contributed by atoms with Gasteiger partial charge in [-0.15, -0.1) is 0 Å². The normalized spacial score (nSPS) is 13.5. The van der Waals surface area contributed by atoms with Gasteiger partial charge in [0.15, 0.2) is 0 Å². The summed E-state index contributed by atoms with van der Waals surface area (Å²) in [6.07, 6.45) is -1.73. The number of aromatic nitrogens is 8. The van der Waals surface area contributed by atoms with Gasteiger partial charge in [-0.1, -0.05) is 0 Å². The first kappa shape index (κ1) is 42.8. The van der Waals surface area contributed by atoms with E-state index in [9.17, 15) is 29.4 Å². The number of aryl methyl sites for hydroxylation is 6. The van der Waals surface area contributed by atoms with Gasteiger partial charge in [0, 0.05) is 51.5 Å². The summed E-state index contributed by atoms with van der Waals surface area (Å²) in [7, 11) is 3.28. The second-order valence-electron chi connectivity index (χ2n) is 14.2. The summed E-state index contributed by atoms with van der Waals surface area (Å²) in [6, 6.07) is 8.74. The number of amides is 4. The maximum atomic E-state index is 13.9. The monoisotopic (exact) mass is 826 g/mol. The van der Waals surface area contributed by atoms with E-state index in [-0.39, 0.29) is 82.6 Å². The summed E-state index contributed by atoms with van der Waals surface area (Å²) in [4.78, 5) is 61.5. The Balaban J connectivity index is 1.56. The Morgan fingerprint density at radius 3 is 1.33 bits per heavy atom. The van der Waals surface area contributed by atoms with E-state index in [0.717, 1.165) is 0 Å². The number of rotatable bonds is 15. The molecule has 0 aliphatic rings. The molecule has 0 aliphatic carbocycles. The Bertz CT molecular complexity index is 2620. The smallest absolute Gasteiger partial charge is 0.298 e. The summed E-state index contributed by atoms with van der Waals surface area (Å²) in [5.74, 6) is -3.35. The third kappa shape index (κ3) is 7.97. The van der Waals surface area contributed by atoms with E-state index in [4.69, 9.17) is 20.9 Å². The Morgan fingerprint density at radius 2 is 1.02 bits per heavy atom. The number of hydrogen-bond donors (Lipinski definition) is 4. The first-order chi connectivity index (χ1) is 28.5. The van der Waals surface area contributed by atoms with E-state index in [0.29, 0.717) is 35.5 Å². The second kappa shape index (κ2) is 17.2. The number of hydrogen-bond acceptors (Lipinski definition) is 10. The number of phenolic OH excluding ortho intramolecular Hbond substituents is 2. The number of primary amides is 2. The number of fused-ring (bicyclic) bond motifs is 2. The molecule has 6 aromatic rings. The number of carbonyl (C=O) groups is 4. The summed E-state index contributed by atoms with van der Waals surface area (Å²) < 4.78 is 22.2. The van der Waals surface area contributed by atoms with Gasteiger partial charge in [-0.2, -0.15) is 20.2 Å². The fourth-order valence-corrected chi connectivity index (χ4v) is 7.51. The van der Waals surface area contributed by atoms with Crippen LogP contribution in [0.2, 0.25) is 0 Å². The number of nitrogens with zero attached hydrogens (tertiary/aromatic N) is 10. The highest BCUT2D eigenvalue weighted by molar-refractivity contribution is 6.00. The lowest BCUT2D eigenvalue weighted by atomic mass is 10.1. The van der Waals surface area contributed by atoms with Crippen molar-refractivity contribution in [3.05, 3.63) is 81.5 Å². The molecule has 0 saturated heterocycles. The molecule has 4 aromatic heterocycles. The number of benzene rings is 2. The first-order valence-electron chi connectivity index (χ1n) is 19.5. The topological polar surface area (TPSA) is 259 Å². The van der Waals surface area contributed by atoms with Crippen LogP contribution in [0.15, 0.2) is 46.4 Å². The van der Waals surface area contributed by atoms with Gasteiger partial charge in [0.2, 0.25) is 23.1 Å². The summed E-state index contributed by atoms with van der Waals surface area (Å²) in [5, 5.41) is 31.7. The Kier molecular flexibility index (Phi) is 12.3. The zero-order valence-electron chi connectivity index (χ0n) is 34.8. The van der Waals surface area contributed by atoms with E-state index >= 15 is 0 Å². The van der Waals surface area contributed by atoms with Crippen molar-refractivity contribution in [2.45, 2.75) is 79.9 Å². The quantitative estimate of drug-likeness (QED) is 0.117. The molecule has 0 spiro atoms. The minimum Gasteiger partial charge on any atom is -0.506 e. The predicted molar refractivity (Wildman–Crippen MR) is 218 cm³/mol. The lowest BCUT2D eigenvalue weighted by Gasteiger charge is -2.28. The lowest BCUT2D eigenvalue weighted by molar-refractivity contribution is -0.0801. The van der Waals surface area contributed by atoms with E-state index in [1.54, 1.807) is 81.6 Å². The van der Waals surface area contributed by atoms with Crippen molar-refractivity contribution in [2.24, 2.45) is 35.5 Å². The number of phenols is 2. The molecule has 20 nitrogen and oxygen atoms in total. The van der Waals surface area contributed by atoms with Crippen LogP contribution in [0.4, 0.5) is 0 Å². The number of nitrogens with two attached hydrogens (primary N) is 2. The maximum absolute atomic E-state index is 13.9.